The first-order valence-electron chi connectivity index (χ1n) is 4.75. The Morgan fingerprint density at radius 2 is 2.29 bits per heavy atom. The number of rotatable bonds is 4. The monoisotopic (exact) mass is 197 g/mol. The second kappa shape index (κ2) is 4.26. The largest absolute Gasteiger partial charge is 0.476 e. The molecule has 1 heterocycles. The van der Waals surface area contributed by atoms with E-state index in [1.54, 1.807) is 0 Å². The van der Waals surface area contributed by atoms with Crippen LogP contribution in [0, 0.1) is 5.92 Å². The normalized spacial score (nSPS) is 15.1. The summed E-state index contributed by atoms with van der Waals surface area (Å²) in [7, 11) is 0. The van der Waals surface area contributed by atoms with Crippen molar-refractivity contribution in [2.75, 3.05) is 0 Å². The molecule has 4 heteroatoms. The Morgan fingerprint density at radius 1 is 1.64 bits per heavy atom. The van der Waals surface area contributed by atoms with Gasteiger partial charge < -0.3 is 9.52 Å². The van der Waals surface area contributed by atoms with Crippen LogP contribution in [0.4, 0.5) is 0 Å². The number of carbonyl (C=O) groups is 1. The molecule has 0 saturated heterocycles. The molecular formula is C10H15NO3. The highest BCUT2D eigenvalue weighted by Gasteiger charge is 2.19. The molecule has 0 amide bonds. The number of oxazole rings is 1. The predicted octanol–water partition coefficient (Wildman–Crippen LogP) is 2.52. The van der Waals surface area contributed by atoms with Crippen molar-refractivity contribution in [3.05, 3.63) is 17.8 Å². The Kier molecular flexibility index (Phi) is 3.28. The zero-order valence-corrected chi connectivity index (χ0v) is 8.65. The van der Waals surface area contributed by atoms with Crippen molar-refractivity contribution in [2.24, 2.45) is 5.92 Å². The molecule has 78 valence electrons. The molecule has 0 aliphatic rings. The SMILES string of the molecule is CCC(C)[C@@H](C)c1nc(C(=O)O)co1. The van der Waals surface area contributed by atoms with E-state index in [0.29, 0.717) is 11.8 Å². The van der Waals surface area contributed by atoms with E-state index in [2.05, 4.69) is 18.8 Å². The lowest BCUT2D eigenvalue weighted by Gasteiger charge is -2.13. The standard InChI is InChI=1S/C10H15NO3/c1-4-6(2)7(3)9-11-8(5-14-9)10(12)13/h5-7H,4H2,1-3H3,(H,12,13)/t6?,7-/m1/s1. The molecule has 0 spiro atoms. The molecule has 0 aliphatic heterocycles. The Hall–Kier alpha value is -1.32. The topological polar surface area (TPSA) is 63.3 Å². The molecule has 1 aromatic rings. The molecule has 0 saturated carbocycles. The van der Waals surface area contributed by atoms with E-state index in [0.717, 1.165) is 6.42 Å². The first-order chi connectivity index (χ1) is 6.56. The summed E-state index contributed by atoms with van der Waals surface area (Å²) in [6, 6.07) is 0. The van der Waals surface area contributed by atoms with Gasteiger partial charge in [-0.3, -0.25) is 0 Å². The summed E-state index contributed by atoms with van der Waals surface area (Å²) < 4.78 is 5.12. The van der Waals surface area contributed by atoms with Crippen LogP contribution in [-0.2, 0) is 0 Å². The van der Waals surface area contributed by atoms with E-state index < -0.39 is 5.97 Å². The molecule has 0 radical (unpaired) electrons. The average Bonchev–Trinajstić information content (AvgIpc) is 2.64. The van der Waals surface area contributed by atoms with Crippen LogP contribution in [0.2, 0.25) is 0 Å². The van der Waals surface area contributed by atoms with E-state index in [1.807, 2.05) is 6.92 Å². The van der Waals surface area contributed by atoms with Gasteiger partial charge in [0.2, 0.25) is 0 Å². The van der Waals surface area contributed by atoms with Crippen LogP contribution < -0.4 is 0 Å². The molecule has 1 N–H and O–H groups in total. The number of hydrogen-bond acceptors (Lipinski definition) is 3. The molecule has 1 aromatic heterocycles. The summed E-state index contributed by atoms with van der Waals surface area (Å²) in [6.45, 7) is 6.17. The molecule has 1 rings (SSSR count). The summed E-state index contributed by atoms with van der Waals surface area (Å²) in [4.78, 5) is 14.5. The molecule has 0 aliphatic carbocycles. The Morgan fingerprint density at radius 3 is 2.71 bits per heavy atom. The smallest absolute Gasteiger partial charge is 0.357 e. The van der Waals surface area contributed by atoms with Crippen molar-refractivity contribution in [1.29, 1.82) is 0 Å². The highest BCUT2D eigenvalue weighted by molar-refractivity contribution is 5.84. The molecule has 0 bridgehead atoms. The summed E-state index contributed by atoms with van der Waals surface area (Å²) >= 11 is 0. The summed E-state index contributed by atoms with van der Waals surface area (Å²) in [5.41, 5.74) is -0.0184. The number of aromatic nitrogens is 1. The maximum atomic E-state index is 10.6. The Balaban J connectivity index is 2.81. The van der Waals surface area contributed by atoms with Crippen LogP contribution in [0.15, 0.2) is 10.7 Å². The van der Waals surface area contributed by atoms with Crippen LogP contribution in [0.5, 0.6) is 0 Å². The zero-order valence-electron chi connectivity index (χ0n) is 8.65. The minimum Gasteiger partial charge on any atom is -0.476 e. The molecule has 14 heavy (non-hydrogen) atoms. The average molecular weight is 197 g/mol. The summed E-state index contributed by atoms with van der Waals surface area (Å²) in [5, 5.41) is 8.65. The molecule has 1 unspecified atom stereocenters. The van der Waals surface area contributed by atoms with Crippen LogP contribution in [0.25, 0.3) is 0 Å². The molecule has 0 fully saturated rings. The van der Waals surface area contributed by atoms with Crippen molar-refractivity contribution < 1.29 is 14.3 Å². The van der Waals surface area contributed by atoms with Crippen molar-refractivity contribution in [1.82, 2.24) is 4.98 Å². The molecule has 0 aromatic carbocycles. The summed E-state index contributed by atoms with van der Waals surface area (Å²) in [5.74, 6) is 0.0662. The first kappa shape index (κ1) is 10.8. The van der Waals surface area contributed by atoms with E-state index in [9.17, 15) is 4.79 Å². The van der Waals surface area contributed by atoms with Gasteiger partial charge in [0.05, 0.1) is 0 Å². The molecule has 4 nitrogen and oxygen atoms in total. The van der Waals surface area contributed by atoms with Crippen LogP contribution in [-0.4, -0.2) is 16.1 Å². The minimum atomic E-state index is -1.05. The lowest BCUT2D eigenvalue weighted by atomic mass is 9.94. The Labute approximate surface area is 83.0 Å². The second-order valence-corrected chi connectivity index (χ2v) is 3.55. The highest BCUT2D eigenvalue weighted by Crippen LogP contribution is 2.25. The number of hydrogen-bond donors (Lipinski definition) is 1. The van der Waals surface area contributed by atoms with Gasteiger partial charge in [-0.2, -0.15) is 0 Å². The van der Waals surface area contributed by atoms with Gasteiger partial charge >= 0.3 is 5.97 Å². The van der Waals surface area contributed by atoms with Gasteiger partial charge in [-0.05, 0) is 5.92 Å². The van der Waals surface area contributed by atoms with Crippen molar-refractivity contribution in [2.45, 2.75) is 33.1 Å². The number of nitrogens with zero attached hydrogens (tertiary/aromatic N) is 1. The first-order valence-corrected chi connectivity index (χ1v) is 4.75. The maximum Gasteiger partial charge on any atom is 0.357 e. The fourth-order valence-corrected chi connectivity index (χ4v) is 1.19. The quantitative estimate of drug-likeness (QED) is 0.805. The predicted molar refractivity (Wildman–Crippen MR) is 51.3 cm³/mol. The van der Waals surface area contributed by atoms with E-state index >= 15 is 0 Å². The minimum absolute atomic E-state index is 0.0184. The zero-order chi connectivity index (χ0) is 10.7. The van der Waals surface area contributed by atoms with Crippen LogP contribution >= 0.6 is 0 Å². The Bertz CT molecular complexity index is 319. The third kappa shape index (κ3) is 2.13. The fourth-order valence-electron chi connectivity index (χ4n) is 1.19. The van der Waals surface area contributed by atoms with Crippen molar-refractivity contribution >= 4 is 5.97 Å². The maximum absolute atomic E-state index is 10.6. The van der Waals surface area contributed by atoms with Gasteiger partial charge in [-0.1, -0.05) is 27.2 Å². The van der Waals surface area contributed by atoms with Gasteiger partial charge in [0.1, 0.15) is 6.26 Å². The molecular weight excluding hydrogens is 182 g/mol. The fraction of sp³-hybridized carbons (Fsp3) is 0.600. The number of carboxylic acids is 1. The van der Waals surface area contributed by atoms with Crippen molar-refractivity contribution in [3.63, 3.8) is 0 Å². The number of carboxylic acid groups (broad SMARTS) is 1. The molecule has 2 atom stereocenters. The second-order valence-electron chi connectivity index (χ2n) is 3.55. The van der Waals surface area contributed by atoms with E-state index in [1.165, 1.54) is 6.26 Å². The highest BCUT2D eigenvalue weighted by atomic mass is 16.4. The lowest BCUT2D eigenvalue weighted by molar-refractivity contribution is 0.0690. The van der Waals surface area contributed by atoms with Gasteiger partial charge in [-0.25, -0.2) is 9.78 Å². The van der Waals surface area contributed by atoms with Crippen LogP contribution in [0.3, 0.4) is 0 Å². The number of aromatic carboxylic acids is 1. The van der Waals surface area contributed by atoms with Crippen molar-refractivity contribution in [3.8, 4) is 0 Å². The van der Waals surface area contributed by atoms with Gasteiger partial charge in [0.15, 0.2) is 11.6 Å². The van der Waals surface area contributed by atoms with Crippen LogP contribution in [0.1, 0.15) is 49.5 Å². The van der Waals surface area contributed by atoms with Gasteiger partial charge in [0.25, 0.3) is 0 Å². The van der Waals surface area contributed by atoms with Gasteiger partial charge in [0, 0.05) is 5.92 Å². The third-order valence-electron chi connectivity index (χ3n) is 2.63. The van der Waals surface area contributed by atoms with E-state index in [4.69, 9.17) is 9.52 Å². The van der Waals surface area contributed by atoms with Gasteiger partial charge in [-0.15, -0.1) is 0 Å². The lowest BCUT2D eigenvalue weighted by Crippen LogP contribution is -2.06. The third-order valence-corrected chi connectivity index (χ3v) is 2.63. The summed E-state index contributed by atoms with van der Waals surface area (Å²) in [6.07, 6.45) is 2.21. The van der Waals surface area contributed by atoms with E-state index in [-0.39, 0.29) is 11.6 Å².